The quantitative estimate of drug-likeness (QED) is 0.423. The first-order chi connectivity index (χ1) is 14.7. The molecule has 0 spiro atoms. The number of aromatic nitrogens is 1. The molecule has 3 aliphatic rings. The van der Waals surface area contributed by atoms with Gasteiger partial charge in [-0.3, -0.25) is 19.4 Å². The second-order valence-corrected chi connectivity index (χ2v) is 8.24. The van der Waals surface area contributed by atoms with E-state index in [4.69, 9.17) is 5.73 Å². The Bertz CT molecular complexity index is 1290. The molecule has 5 rings (SSSR count). The number of hydrogen-bond donors (Lipinski definition) is 5. The van der Waals surface area contributed by atoms with Crippen molar-refractivity contribution in [3.8, 4) is 5.75 Å². The van der Waals surface area contributed by atoms with Crippen molar-refractivity contribution in [1.82, 2.24) is 4.98 Å². The van der Waals surface area contributed by atoms with Crippen LogP contribution >= 0.6 is 0 Å². The molecule has 9 nitrogen and oxygen atoms in total. The number of nitrogens with zero attached hydrogens (tertiary/aromatic N) is 1. The van der Waals surface area contributed by atoms with Gasteiger partial charge >= 0.3 is 0 Å². The number of phenolic OH excluding ortho intramolecular Hbond substituents is 1. The predicted octanol–water partition coefficient (Wildman–Crippen LogP) is 0.972. The van der Waals surface area contributed by atoms with E-state index in [0.717, 1.165) is 0 Å². The van der Waals surface area contributed by atoms with E-state index in [0.29, 0.717) is 10.9 Å². The lowest BCUT2D eigenvalue weighted by atomic mass is 9.59. The molecular formula is C22H18N2O7. The minimum absolute atomic E-state index is 0.0401. The van der Waals surface area contributed by atoms with Crippen LogP contribution in [-0.2, 0) is 20.8 Å². The van der Waals surface area contributed by atoms with E-state index in [2.05, 4.69) is 4.98 Å². The lowest BCUT2D eigenvalue weighted by Gasteiger charge is -2.46. The van der Waals surface area contributed by atoms with Crippen LogP contribution < -0.4 is 5.73 Å². The molecule has 3 atom stereocenters. The number of carbonyl (C=O) groups excluding carboxylic acids is 3. The summed E-state index contributed by atoms with van der Waals surface area (Å²) in [6, 6.07) is 5.24. The molecule has 0 saturated heterocycles. The fraction of sp³-hybridized carbons (Fsp3) is 0.273. The SMILES string of the molecule is NC(=O)C1=C(O)[C@@]2(O)C(=O)C3=C(O)c4c(cc5cccnc5c4O)CC3C[C@H]2CC1=O. The molecule has 3 aliphatic carbocycles. The maximum Gasteiger partial charge on any atom is 0.255 e. The Hall–Kier alpha value is -3.72. The first-order valence-electron chi connectivity index (χ1n) is 9.73. The minimum Gasteiger partial charge on any atom is -0.508 e. The van der Waals surface area contributed by atoms with Crippen LogP contribution in [0.4, 0.5) is 0 Å². The van der Waals surface area contributed by atoms with Crippen molar-refractivity contribution in [2.75, 3.05) is 0 Å². The fourth-order valence-electron chi connectivity index (χ4n) is 5.22. The Balaban J connectivity index is 1.74. The van der Waals surface area contributed by atoms with E-state index in [9.17, 15) is 34.8 Å². The highest BCUT2D eigenvalue weighted by Crippen LogP contribution is 2.52. The van der Waals surface area contributed by atoms with Gasteiger partial charge in [-0.2, -0.15) is 0 Å². The van der Waals surface area contributed by atoms with Crippen LogP contribution in [0.25, 0.3) is 16.7 Å². The summed E-state index contributed by atoms with van der Waals surface area (Å²) in [6.07, 6.45) is 1.52. The average molecular weight is 422 g/mol. The maximum atomic E-state index is 13.4. The third-order valence-electron chi connectivity index (χ3n) is 6.62. The zero-order valence-electron chi connectivity index (χ0n) is 16.1. The lowest BCUT2D eigenvalue weighted by Crippen LogP contribution is -2.58. The van der Waals surface area contributed by atoms with Gasteiger partial charge in [0.15, 0.2) is 17.1 Å². The number of nitrogens with two attached hydrogens (primary N) is 1. The molecule has 1 saturated carbocycles. The van der Waals surface area contributed by atoms with E-state index >= 15 is 0 Å². The second kappa shape index (κ2) is 6.14. The third kappa shape index (κ3) is 2.35. The summed E-state index contributed by atoms with van der Waals surface area (Å²) in [5.74, 6) is -6.42. The summed E-state index contributed by atoms with van der Waals surface area (Å²) in [5, 5.41) is 44.1. The second-order valence-electron chi connectivity index (χ2n) is 8.24. The first-order valence-corrected chi connectivity index (χ1v) is 9.73. The Labute approximate surface area is 175 Å². The molecule has 0 aliphatic heterocycles. The van der Waals surface area contributed by atoms with E-state index in [1.54, 1.807) is 18.2 Å². The maximum absolute atomic E-state index is 13.4. The van der Waals surface area contributed by atoms with Gasteiger partial charge in [0.1, 0.15) is 22.6 Å². The van der Waals surface area contributed by atoms with Crippen LogP contribution in [0, 0.1) is 11.8 Å². The monoisotopic (exact) mass is 422 g/mol. The smallest absolute Gasteiger partial charge is 0.255 e. The number of ketones is 2. The number of primary amides is 1. The number of carbonyl (C=O) groups is 3. The highest BCUT2D eigenvalue weighted by atomic mass is 16.3. The molecule has 1 amide bonds. The number of pyridine rings is 1. The van der Waals surface area contributed by atoms with E-state index in [1.165, 1.54) is 6.20 Å². The number of amides is 1. The summed E-state index contributed by atoms with van der Waals surface area (Å²) in [7, 11) is 0. The fourth-order valence-corrected chi connectivity index (χ4v) is 5.22. The largest absolute Gasteiger partial charge is 0.508 e. The first kappa shape index (κ1) is 19.3. The zero-order valence-corrected chi connectivity index (χ0v) is 16.1. The number of hydrogen-bond acceptors (Lipinski definition) is 8. The molecule has 1 heterocycles. The van der Waals surface area contributed by atoms with Gasteiger partial charge in [0.25, 0.3) is 5.91 Å². The van der Waals surface area contributed by atoms with Crippen LogP contribution in [0.3, 0.4) is 0 Å². The van der Waals surface area contributed by atoms with Gasteiger partial charge in [-0.1, -0.05) is 6.07 Å². The molecule has 0 bridgehead atoms. The molecule has 2 aromatic rings. The van der Waals surface area contributed by atoms with Crippen LogP contribution in [0.2, 0.25) is 0 Å². The summed E-state index contributed by atoms with van der Waals surface area (Å²) in [4.78, 5) is 41.5. The minimum atomic E-state index is -2.56. The normalized spacial score (nSPS) is 27.8. The van der Waals surface area contributed by atoms with E-state index in [-0.39, 0.29) is 41.7 Å². The number of aliphatic hydroxyl groups is 3. The van der Waals surface area contributed by atoms with E-state index in [1.807, 2.05) is 0 Å². The Morgan fingerprint density at radius 3 is 2.65 bits per heavy atom. The predicted molar refractivity (Wildman–Crippen MR) is 107 cm³/mol. The van der Waals surface area contributed by atoms with Crippen molar-refractivity contribution in [2.45, 2.75) is 24.9 Å². The molecule has 0 radical (unpaired) electrons. The number of fused-ring (bicyclic) bond motifs is 4. The summed E-state index contributed by atoms with van der Waals surface area (Å²) < 4.78 is 0. The summed E-state index contributed by atoms with van der Waals surface area (Å²) >= 11 is 0. The number of aromatic hydroxyl groups is 1. The highest BCUT2D eigenvalue weighted by Gasteiger charge is 2.60. The standard InChI is InChI=1S/C22H18N2O7/c23-21(30)15-12(25)7-11-6-10-5-9-4-8-2-1-3-24-16(8)18(27)13(9)17(26)14(10)19(28)22(11,31)20(15)29/h1-4,10-11,26-27,29,31H,5-7H2,(H2,23,30)/t10?,11-,22-/m0/s1. The van der Waals surface area contributed by atoms with Crippen molar-refractivity contribution >= 4 is 34.1 Å². The van der Waals surface area contributed by atoms with Gasteiger partial charge in [-0.05, 0) is 36.5 Å². The van der Waals surface area contributed by atoms with Crippen molar-refractivity contribution in [1.29, 1.82) is 0 Å². The van der Waals surface area contributed by atoms with E-state index < -0.39 is 52.0 Å². The van der Waals surface area contributed by atoms with Gasteiger partial charge < -0.3 is 26.2 Å². The van der Waals surface area contributed by atoms with Crippen molar-refractivity contribution in [3.63, 3.8) is 0 Å². The lowest BCUT2D eigenvalue weighted by molar-refractivity contribution is -0.147. The molecular weight excluding hydrogens is 404 g/mol. The molecule has 31 heavy (non-hydrogen) atoms. The van der Waals surface area contributed by atoms with Crippen molar-refractivity contribution in [3.05, 3.63) is 52.4 Å². The van der Waals surface area contributed by atoms with Crippen molar-refractivity contribution in [2.24, 2.45) is 17.6 Å². The third-order valence-corrected chi connectivity index (χ3v) is 6.62. The Morgan fingerprint density at radius 1 is 1.19 bits per heavy atom. The average Bonchev–Trinajstić information content (AvgIpc) is 2.70. The van der Waals surface area contributed by atoms with Gasteiger partial charge in [-0.25, -0.2) is 0 Å². The van der Waals surface area contributed by atoms with Crippen LogP contribution in [0.1, 0.15) is 24.0 Å². The van der Waals surface area contributed by atoms with Crippen LogP contribution in [-0.4, -0.2) is 48.5 Å². The molecule has 158 valence electrons. The molecule has 9 heteroatoms. The van der Waals surface area contributed by atoms with Gasteiger partial charge in [-0.15, -0.1) is 0 Å². The molecule has 6 N–H and O–H groups in total. The molecule has 1 aromatic heterocycles. The Kier molecular flexibility index (Phi) is 3.82. The number of benzene rings is 1. The number of rotatable bonds is 1. The number of Topliss-reactive ketones (excluding diaryl/α,β-unsaturated/α-hetero) is 2. The zero-order chi connectivity index (χ0) is 22.2. The summed E-state index contributed by atoms with van der Waals surface area (Å²) in [5.41, 5.74) is 2.53. The highest BCUT2D eigenvalue weighted by molar-refractivity contribution is 6.22. The molecule has 1 fully saturated rings. The number of aliphatic hydroxyl groups excluding tert-OH is 2. The topological polar surface area (TPSA) is 171 Å². The van der Waals surface area contributed by atoms with Crippen LogP contribution in [0.15, 0.2) is 41.3 Å². The molecule has 1 aromatic carbocycles. The van der Waals surface area contributed by atoms with Gasteiger partial charge in [0, 0.05) is 29.5 Å². The van der Waals surface area contributed by atoms with Crippen LogP contribution in [0.5, 0.6) is 5.75 Å². The van der Waals surface area contributed by atoms with Gasteiger partial charge in [0.05, 0.1) is 5.56 Å². The summed E-state index contributed by atoms with van der Waals surface area (Å²) in [6.45, 7) is 0. The van der Waals surface area contributed by atoms with Crippen molar-refractivity contribution < 1.29 is 34.8 Å². The van der Waals surface area contributed by atoms with Gasteiger partial charge in [0.2, 0.25) is 5.78 Å². The molecule has 1 unspecified atom stereocenters. The number of phenols is 1. The Morgan fingerprint density at radius 2 is 1.94 bits per heavy atom.